The van der Waals surface area contributed by atoms with E-state index in [1.165, 1.54) is 12.6 Å². The molecule has 0 radical (unpaired) electrons. The summed E-state index contributed by atoms with van der Waals surface area (Å²) in [6.07, 6.45) is 3.68. The van der Waals surface area contributed by atoms with E-state index in [2.05, 4.69) is 36.0 Å². The van der Waals surface area contributed by atoms with E-state index in [0.717, 1.165) is 37.4 Å². The Hall–Kier alpha value is -1.16. The number of hydrogen-bond donors (Lipinski definition) is 1. The molecular formula is C16H26FN3. The average Bonchev–Trinajstić information content (AvgIpc) is 2.38. The van der Waals surface area contributed by atoms with Gasteiger partial charge in [-0.3, -0.25) is 0 Å². The van der Waals surface area contributed by atoms with E-state index in [4.69, 9.17) is 0 Å². The Morgan fingerprint density at radius 2 is 2.05 bits per heavy atom. The van der Waals surface area contributed by atoms with Crippen molar-refractivity contribution in [2.75, 3.05) is 24.5 Å². The fraction of sp³-hybridized carbons (Fsp3) is 0.688. The highest BCUT2D eigenvalue weighted by molar-refractivity contribution is 5.47. The third-order valence-electron chi connectivity index (χ3n) is 3.82. The number of aromatic nitrogens is 1. The molecule has 3 nitrogen and oxygen atoms in total. The monoisotopic (exact) mass is 279 g/mol. The molecule has 0 spiro atoms. The summed E-state index contributed by atoms with van der Waals surface area (Å²) in [6.45, 7) is 10.4. The predicted molar refractivity (Wildman–Crippen MR) is 81.4 cm³/mol. The van der Waals surface area contributed by atoms with Crippen LogP contribution in [0.1, 0.15) is 39.2 Å². The summed E-state index contributed by atoms with van der Waals surface area (Å²) in [7, 11) is 0. The fourth-order valence-electron chi connectivity index (χ4n) is 3.12. The molecule has 1 N–H and O–H groups in total. The van der Waals surface area contributed by atoms with Crippen molar-refractivity contribution in [3.05, 3.63) is 23.6 Å². The van der Waals surface area contributed by atoms with Gasteiger partial charge in [-0.05, 0) is 37.3 Å². The molecule has 112 valence electrons. The molecule has 4 heteroatoms. The van der Waals surface area contributed by atoms with Crippen molar-refractivity contribution in [1.82, 2.24) is 10.3 Å². The molecule has 2 heterocycles. The summed E-state index contributed by atoms with van der Waals surface area (Å²) in [5.41, 5.74) is 0.972. The van der Waals surface area contributed by atoms with Crippen molar-refractivity contribution in [2.45, 2.75) is 40.2 Å². The van der Waals surface area contributed by atoms with Crippen molar-refractivity contribution < 1.29 is 4.39 Å². The molecule has 1 saturated heterocycles. The van der Waals surface area contributed by atoms with Gasteiger partial charge in [0.1, 0.15) is 11.6 Å². The van der Waals surface area contributed by atoms with Crippen LogP contribution in [-0.4, -0.2) is 24.6 Å². The number of anilines is 1. The van der Waals surface area contributed by atoms with E-state index >= 15 is 0 Å². The van der Waals surface area contributed by atoms with Gasteiger partial charge in [-0.2, -0.15) is 0 Å². The maximum atomic E-state index is 13.5. The Labute approximate surface area is 121 Å². The van der Waals surface area contributed by atoms with Gasteiger partial charge in [0.25, 0.3) is 0 Å². The summed E-state index contributed by atoms with van der Waals surface area (Å²) in [5.74, 6) is 2.04. The molecular weight excluding hydrogens is 253 g/mol. The van der Waals surface area contributed by atoms with Gasteiger partial charge in [0, 0.05) is 25.2 Å². The molecule has 0 aliphatic carbocycles. The van der Waals surface area contributed by atoms with Crippen LogP contribution in [0.3, 0.4) is 0 Å². The Bertz CT molecular complexity index is 426. The first-order valence-corrected chi connectivity index (χ1v) is 7.70. The minimum Gasteiger partial charge on any atom is -0.356 e. The van der Waals surface area contributed by atoms with Crippen LogP contribution in [-0.2, 0) is 6.54 Å². The van der Waals surface area contributed by atoms with Crippen LogP contribution in [0.2, 0.25) is 0 Å². The maximum Gasteiger partial charge on any atom is 0.141 e. The highest BCUT2D eigenvalue weighted by Crippen LogP contribution is 2.27. The molecule has 2 rings (SSSR count). The molecule has 1 aromatic heterocycles. The highest BCUT2D eigenvalue weighted by Gasteiger charge is 2.24. The zero-order chi connectivity index (χ0) is 14.5. The quantitative estimate of drug-likeness (QED) is 0.839. The third kappa shape index (κ3) is 3.92. The molecule has 0 bridgehead atoms. The van der Waals surface area contributed by atoms with E-state index < -0.39 is 0 Å². The van der Waals surface area contributed by atoms with Gasteiger partial charge >= 0.3 is 0 Å². The normalized spacial score (nSPS) is 23.1. The summed E-state index contributed by atoms with van der Waals surface area (Å²) < 4.78 is 13.5. The second-order valence-electron chi connectivity index (χ2n) is 6.16. The first-order chi connectivity index (χ1) is 9.60. The first-order valence-electron chi connectivity index (χ1n) is 7.70. The lowest BCUT2D eigenvalue weighted by Gasteiger charge is -2.36. The van der Waals surface area contributed by atoms with Gasteiger partial charge in [-0.1, -0.05) is 20.8 Å². The number of piperidine rings is 1. The number of rotatable bonds is 5. The van der Waals surface area contributed by atoms with E-state index in [-0.39, 0.29) is 5.82 Å². The molecule has 0 aromatic carbocycles. The Morgan fingerprint density at radius 3 is 2.70 bits per heavy atom. The zero-order valence-corrected chi connectivity index (χ0v) is 12.8. The lowest BCUT2D eigenvalue weighted by Crippen LogP contribution is -2.40. The SMILES string of the molecule is CCCNCc1cc(F)cnc1N1CC(C)CC(C)C1. The van der Waals surface area contributed by atoms with Gasteiger partial charge in [0.2, 0.25) is 0 Å². The molecule has 0 amide bonds. The van der Waals surface area contributed by atoms with Crippen molar-refractivity contribution in [3.8, 4) is 0 Å². The van der Waals surface area contributed by atoms with Gasteiger partial charge in [-0.15, -0.1) is 0 Å². The predicted octanol–water partition coefficient (Wildman–Crippen LogP) is 3.20. The van der Waals surface area contributed by atoms with E-state index in [1.54, 1.807) is 6.07 Å². The molecule has 1 fully saturated rings. The maximum absolute atomic E-state index is 13.5. The van der Waals surface area contributed by atoms with Crippen molar-refractivity contribution >= 4 is 5.82 Å². The van der Waals surface area contributed by atoms with Crippen LogP contribution in [0, 0.1) is 17.7 Å². The van der Waals surface area contributed by atoms with Crippen LogP contribution in [0.4, 0.5) is 10.2 Å². The minimum atomic E-state index is -0.250. The molecule has 20 heavy (non-hydrogen) atoms. The van der Waals surface area contributed by atoms with E-state index in [0.29, 0.717) is 18.4 Å². The largest absolute Gasteiger partial charge is 0.356 e. The number of hydrogen-bond acceptors (Lipinski definition) is 3. The summed E-state index contributed by atoms with van der Waals surface area (Å²) >= 11 is 0. The molecule has 1 aliphatic rings. The molecule has 0 saturated carbocycles. The summed E-state index contributed by atoms with van der Waals surface area (Å²) in [5, 5.41) is 3.35. The van der Waals surface area contributed by atoms with Gasteiger partial charge in [0.15, 0.2) is 0 Å². The van der Waals surface area contributed by atoms with Crippen molar-refractivity contribution in [3.63, 3.8) is 0 Å². The standard InChI is InChI=1S/C16H26FN3/c1-4-5-18-8-14-7-15(17)9-19-16(14)20-10-12(2)6-13(3)11-20/h7,9,12-13,18H,4-6,8,10-11H2,1-3H3. The second-order valence-corrected chi connectivity index (χ2v) is 6.16. The number of nitrogens with zero attached hydrogens (tertiary/aromatic N) is 2. The lowest BCUT2D eigenvalue weighted by molar-refractivity contribution is 0.354. The van der Waals surface area contributed by atoms with Gasteiger partial charge < -0.3 is 10.2 Å². The molecule has 2 unspecified atom stereocenters. The number of pyridine rings is 1. The van der Waals surface area contributed by atoms with Crippen LogP contribution < -0.4 is 10.2 Å². The van der Waals surface area contributed by atoms with Gasteiger partial charge in [-0.25, -0.2) is 9.37 Å². The number of halogens is 1. The fourth-order valence-corrected chi connectivity index (χ4v) is 3.12. The summed E-state index contributed by atoms with van der Waals surface area (Å²) in [6, 6.07) is 1.62. The van der Waals surface area contributed by atoms with E-state index in [9.17, 15) is 4.39 Å². The smallest absolute Gasteiger partial charge is 0.141 e. The molecule has 1 aromatic rings. The lowest BCUT2D eigenvalue weighted by atomic mass is 9.91. The highest BCUT2D eigenvalue weighted by atomic mass is 19.1. The third-order valence-corrected chi connectivity index (χ3v) is 3.82. The summed E-state index contributed by atoms with van der Waals surface area (Å²) in [4.78, 5) is 6.68. The van der Waals surface area contributed by atoms with Crippen molar-refractivity contribution in [1.29, 1.82) is 0 Å². The minimum absolute atomic E-state index is 0.250. The second kappa shape index (κ2) is 7.02. The van der Waals surface area contributed by atoms with E-state index in [1.807, 2.05) is 0 Å². The Kier molecular flexibility index (Phi) is 5.35. The topological polar surface area (TPSA) is 28.2 Å². The average molecular weight is 279 g/mol. The zero-order valence-electron chi connectivity index (χ0n) is 12.8. The Morgan fingerprint density at radius 1 is 1.35 bits per heavy atom. The number of nitrogens with one attached hydrogen (secondary N) is 1. The molecule has 2 atom stereocenters. The van der Waals surface area contributed by atoms with Crippen molar-refractivity contribution in [2.24, 2.45) is 11.8 Å². The molecule has 1 aliphatic heterocycles. The Balaban J connectivity index is 2.16. The van der Waals surface area contributed by atoms with Crippen LogP contribution in [0.5, 0.6) is 0 Å². The van der Waals surface area contributed by atoms with Crippen LogP contribution in [0.15, 0.2) is 12.3 Å². The van der Waals surface area contributed by atoms with Crippen LogP contribution in [0.25, 0.3) is 0 Å². The first kappa shape index (κ1) is 15.2. The van der Waals surface area contributed by atoms with Crippen LogP contribution >= 0.6 is 0 Å². The van der Waals surface area contributed by atoms with Gasteiger partial charge in [0.05, 0.1) is 6.20 Å².